The van der Waals surface area contributed by atoms with Gasteiger partial charge < -0.3 is 9.47 Å². The Bertz CT molecular complexity index is 1160. The van der Waals surface area contributed by atoms with E-state index in [-0.39, 0.29) is 11.4 Å². The number of methoxy groups -OCH3 is 1. The Balaban J connectivity index is 1.49. The summed E-state index contributed by atoms with van der Waals surface area (Å²) in [6.45, 7) is 0.658. The molecule has 0 spiro atoms. The minimum atomic E-state index is -3.71. The van der Waals surface area contributed by atoms with Crippen molar-refractivity contribution in [3.05, 3.63) is 94.9 Å². The van der Waals surface area contributed by atoms with Gasteiger partial charge in [-0.25, -0.2) is 8.42 Å². The molecule has 0 aliphatic carbocycles. The van der Waals surface area contributed by atoms with Crippen LogP contribution in [0.4, 0.5) is 5.69 Å². The van der Waals surface area contributed by atoms with Gasteiger partial charge in [-0.3, -0.25) is 5.01 Å². The van der Waals surface area contributed by atoms with Gasteiger partial charge in [0.15, 0.2) is 0 Å². The summed E-state index contributed by atoms with van der Waals surface area (Å²) in [5, 5.41) is 1.58. The minimum Gasteiger partial charge on any atom is -0.497 e. The van der Waals surface area contributed by atoms with Crippen molar-refractivity contribution in [2.45, 2.75) is 6.61 Å². The first-order valence-electron chi connectivity index (χ1n) is 9.60. The van der Waals surface area contributed by atoms with E-state index in [1.165, 1.54) is 0 Å². The van der Waals surface area contributed by atoms with E-state index < -0.39 is 10.0 Å². The molecule has 31 heavy (non-hydrogen) atoms. The molecular formula is C23H22N2O4S2. The van der Waals surface area contributed by atoms with E-state index in [1.54, 1.807) is 42.5 Å². The lowest BCUT2D eigenvalue weighted by molar-refractivity contribution is 0.306. The molecule has 0 radical (unpaired) electrons. The predicted molar refractivity (Wildman–Crippen MR) is 125 cm³/mol. The molecule has 8 heteroatoms. The molecule has 1 aliphatic heterocycles. The topological polar surface area (TPSA) is 59.1 Å². The molecule has 1 saturated heterocycles. The van der Waals surface area contributed by atoms with Crippen LogP contribution in [0.3, 0.4) is 0 Å². The number of thiol groups is 1. The Morgan fingerprint density at radius 3 is 2.23 bits per heavy atom. The Labute approximate surface area is 187 Å². The summed E-state index contributed by atoms with van der Waals surface area (Å²) in [5.41, 5.74) is 2.55. The molecule has 1 heterocycles. The first-order chi connectivity index (χ1) is 15.0. The molecule has 0 bridgehead atoms. The number of anilines is 1. The quantitative estimate of drug-likeness (QED) is 0.555. The van der Waals surface area contributed by atoms with Crippen LogP contribution in [-0.4, -0.2) is 25.9 Å². The molecule has 0 N–H and O–H groups in total. The average molecular weight is 455 g/mol. The molecule has 0 aromatic heterocycles. The molecule has 0 amide bonds. The van der Waals surface area contributed by atoms with Gasteiger partial charge in [-0.1, -0.05) is 59.1 Å². The second-order valence-corrected chi connectivity index (χ2v) is 9.41. The van der Waals surface area contributed by atoms with Gasteiger partial charge in [0.2, 0.25) is 0 Å². The molecular weight excluding hydrogens is 432 g/mol. The molecule has 0 saturated carbocycles. The van der Waals surface area contributed by atoms with Crippen LogP contribution in [0.15, 0.2) is 83.8 Å². The highest BCUT2D eigenvalue weighted by atomic mass is 32.3. The lowest BCUT2D eigenvalue weighted by Gasteiger charge is -2.22. The number of nitrogens with zero attached hydrogens (tertiary/aromatic N) is 2. The van der Waals surface area contributed by atoms with Gasteiger partial charge >= 0.3 is 0 Å². The van der Waals surface area contributed by atoms with Crippen LogP contribution >= 0.6 is 12.8 Å². The van der Waals surface area contributed by atoms with Gasteiger partial charge in [0, 0.05) is 0 Å². The predicted octanol–water partition coefficient (Wildman–Crippen LogP) is 4.53. The van der Waals surface area contributed by atoms with Gasteiger partial charge in [-0.2, -0.15) is 0 Å². The van der Waals surface area contributed by atoms with E-state index in [2.05, 4.69) is 12.8 Å². The number of ether oxygens (including phenoxy) is 2. The van der Waals surface area contributed by atoms with Crippen LogP contribution in [0.25, 0.3) is 6.08 Å². The number of hydrazine groups is 1. The average Bonchev–Trinajstić information content (AvgIpc) is 3.03. The zero-order chi connectivity index (χ0) is 21.8. The Hall–Kier alpha value is -2.94. The van der Waals surface area contributed by atoms with Crippen molar-refractivity contribution in [1.82, 2.24) is 3.82 Å². The second-order valence-electron chi connectivity index (χ2n) is 6.94. The first-order valence-corrected chi connectivity index (χ1v) is 11.4. The van der Waals surface area contributed by atoms with E-state index in [0.717, 1.165) is 20.7 Å². The van der Waals surface area contributed by atoms with Gasteiger partial charge in [-0.15, -0.1) is 0 Å². The summed E-state index contributed by atoms with van der Waals surface area (Å²) >= 11 is 4.21. The standard InChI is InChI=1S/C23H22N2O4S2/c1-28-21-13-9-20(10-14-21)24-16-23(31(26,27)25(24)30)15-18-7-11-22(12-8-18)29-17-19-5-3-2-4-6-19/h2-15,30H,16-17H2,1H3/b23-15-. The fourth-order valence-electron chi connectivity index (χ4n) is 3.18. The Morgan fingerprint density at radius 2 is 1.58 bits per heavy atom. The molecule has 3 aromatic rings. The van der Waals surface area contributed by atoms with Crippen LogP contribution < -0.4 is 14.5 Å². The molecule has 4 rings (SSSR count). The zero-order valence-corrected chi connectivity index (χ0v) is 18.6. The van der Waals surface area contributed by atoms with E-state index in [4.69, 9.17) is 9.47 Å². The number of rotatable bonds is 6. The monoisotopic (exact) mass is 454 g/mol. The van der Waals surface area contributed by atoms with Crippen LogP contribution in [0.2, 0.25) is 0 Å². The Kier molecular flexibility index (Phi) is 6.22. The fraction of sp³-hybridized carbons (Fsp3) is 0.130. The normalized spacial score (nSPS) is 17.1. The summed E-state index contributed by atoms with van der Waals surface area (Å²) < 4.78 is 37.6. The van der Waals surface area contributed by atoms with E-state index in [9.17, 15) is 8.42 Å². The smallest absolute Gasteiger partial charge is 0.267 e. The summed E-state index contributed by atoms with van der Waals surface area (Å²) in [7, 11) is -2.13. The van der Waals surface area contributed by atoms with Gasteiger partial charge in [0.1, 0.15) is 18.1 Å². The van der Waals surface area contributed by atoms with Gasteiger partial charge in [-0.05, 0) is 53.6 Å². The summed E-state index contributed by atoms with van der Waals surface area (Å²) in [6.07, 6.45) is 1.66. The second kappa shape index (κ2) is 9.05. The van der Waals surface area contributed by atoms with Crippen molar-refractivity contribution >= 4 is 34.6 Å². The minimum absolute atomic E-state index is 0.185. The highest BCUT2D eigenvalue weighted by Gasteiger charge is 2.38. The van der Waals surface area contributed by atoms with E-state index in [1.807, 2.05) is 54.6 Å². The van der Waals surface area contributed by atoms with Gasteiger partial charge in [0.05, 0.1) is 24.2 Å². The SMILES string of the molecule is COc1ccc(N2C/C(=C/c3ccc(OCc4ccccc4)cc3)S(=O)(=O)N2S)cc1. The molecule has 1 aliphatic rings. The van der Waals surface area contributed by atoms with Crippen molar-refractivity contribution in [3.8, 4) is 11.5 Å². The van der Waals surface area contributed by atoms with Crippen LogP contribution in [0.5, 0.6) is 11.5 Å². The number of hydrogen-bond donors (Lipinski definition) is 1. The van der Waals surface area contributed by atoms with Crippen molar-refractivity contribution in [2.75, 3.05) is 18.7 Å². The number of benzene rings is 3. The highest BCUT2D eigenvalue weighted by molar-refractivity contribution is 8.02. The van der Waals surface area contributed by atoms with Crippen molar-refractivity contribution in [3.63, 3.8) is 0 Å². The van der Waals surface area contributed by atoms with Crippen LogP contribution in [0, 0.1) is 0 Å². The highest BCUT2D eigenvalue weighted by Crippen LogP contribution is 2.34. The largest absolute Gasteiger partial charge is 0.497 e. The molecule has 1 fully saturated rings. The molecule has 3 aromatic carbocycles. The molecule has 160 valence electrons. The fourth-order valence-corrected chi connectivity index (χ4v) is 4.85. The number of sulfonamides is 1. The lowest BCUT2D eigenvalue weighted by Crippen LogP contribution is -2.31. The van der Waals surface area contributed by atoms with Crippen molar-refractivity contribution < 1.29 is 17.9 Å². The molecule has 6 nitrogen and oxygen atoms in total. The third kappa shape index (κ3) is 4.71. The van der Waals surface area contributed by atoms with E-state index >= 15 is 0 Å². The summed E-state index contributed by atoms with van der Waals surface area (Å²) in [6, 6.07) is 24.4. The van der Waals surface area contributed by atoms with Gasteiger partial charge in [0.25, 0.3) is 10.0 Å². The third-order valence-corrected chi connectivity index (χ3v) is 7.28. The molecule has 0 unspecified atom stereocenters. The van der Waals surface area contributed by atoms with E-state index in [0.29, 0.717) is 18.0 Å². The van der Waals surface area contributed by atoms with Crippen molar-refractivity contribution in [2.24, 2.45) is 0 Å². The van der Waals surface area contributed by atoms with Crippen molar-refractivity contribution in [1.29, 1.82) is 0 Å². The summed E-state index contributed by atoms with van der Waals surface area (Å²) in [5.74, 6) is 1.41. The summed E-state index contributed by atoms with van der Waals surface area (Å²) in [4.78, 5) is 0.260. The van der Waals surface area contributed by atoms with Crippen LogP contribution in [0.1, 0.15) is 11.1 Å². The Morgan fingerprint density at radius 1 is 0.935 bits per heavy atom. The van der Waals surface area contributed by atoms with Crippen LogP contribution in [-0.2, 0) is 16.6 Å². The molecule has 0 atom stereocenters. The maximum absolute atomic E-state index is 12.8. The first kappa shape index (κ1) is 21.3. The maximum atomic E-state index is 12.8. The maximum Gasteiger partial charge on any atom is 0.267 e. The lowest BCUT2D eigenvalue weighted by atomic mass is 10.2. The number of hydrogen-bond acceptors (Lipinski definition) is 6. The zero-order valence-electron chi connectivity index (χ0n) is 16.9. The third-order valence-electron chi connectivity index (χ3n) is 4.88.